The third-order valence-electron chi connectivity index (χ3n) is 3.41. The van der Waals surface area contributed by atoms with Gasteiger partial charge in [-0.2, -0.15) is 0 Å². The topological polar surface area (TPSA) is 111 Å². The van der Waals surface area contributed by atoms with Crippen LogP contribution >= 0.6 is 11.3 Å². The van der Waals surface area contributed by atoms with Gasteiger partial charge < -0.3 is 5.32 Å². The number of hydrogen-bond acceptors (Lipinski definition) is 8. The van der Waals surface area contributed by atoms with Gasteiger partial charge in [0.05, 0.1) is 12.7 Å². The number of rotatable bonds is 5. The molecule has 0 unspecified atom stereocenters. The van der Waals surface area contributed by atoms with Crippen molar-refractivity contribution in [3.63, 3.8) is 0 Å². The van der Waals surface area contributed by atoms with Crippen molar-refractivity contribution in [2.45, 2.75) is 6.54 Å². The summed E-state index contributed by atoms with van der Waals surface area (Å²) in [5, 5.41) is 20.3. The predicted octanol–water partition coefficient (Wildman–Crippen LogP) is 1.51. The van der Waals surface area contributed by atoms with Crippen molar-refractivity contribution in [1.29, 1.82) is 0 Å². The molecule has 3 heterocycles. The van der Waals surface area contributed by atoms with Crippen molar-refractivity contribution >= 4 is 17.2 Å². The first kappa shape index (κ1) is 16.0. The lowest BCUT2D eigenvalue weighted by atomic mass is 10.2. The summed E-state index contributed by atoms with van der Waals surface area (Å²) in [7, 11) is 0. The molecule has 1 aromatic carbocycles. The fourth-order valence-electron chi connectivity index (χ4n) is 2.17. The zero-order valence-electron chi connectivity index (χ0n) is 13.4. The molecule has 0 bridgehead atoms. The molecule has 10 heteroatoms. The van der Waals surface area contributed by atoms with E-state index in [2.05, 4.69) is 35.8 Å². The average molecular weight is 364 g/mol. The van der Waals surface area contributed by atoms with E-state index in [0.717, 1.165) is 10.6 Å². The molecule has 3 aromatic heterocycles. The summed E-state index contributed by atoms with van der Waals surface area (Å²) in [5.74, 6) is 0.185. The summed E-state index contributed by atoms with van der Waals surface area (Å²) in [6.07, 6.45) is 4.49. The van der Waals surface area contributed by atoms with E-state index >= 15 is 0 Å². The summed E-state index contributed by atoms with van der Waals surface area (Å²) in [5.41, 5.74) is 1.19. The van der Waals surface area contributed by atoms with Crippen LogP contribution in [0.15, 0.2) is 55.1 Å². The number of nitrogens with zero attached hydrogens (tertiary/aromatic N) is 7. The second kappa shape index (κ2) is 7.15. The lowest BCUT2D eigenvalue weighted by Crippen LogP contribution is -2.23. The normalized spacial score (nSPS) is 10.6. The zero-order chi connectivity index (χ0) is 17.8. The van der Waals surface area contributed by atoms with Gasteiger partial charge in [0.1, 0.15) is 16.3 Å². The fraction of sp³-hybridized carbons (Fsp3) is 0.0625. The summed E-state index contributed by atoms with van der Waals surface area (Å²) < 4.78 is 1.41. The molecule has 0 fully saturated rings. The molecule has 0 aliphatic heterocycles. The minimum atomic E-state index is -0.346. The highest BCUT2D eigenvalue weighted by molar-refractivity contribution is 7.14. The van der Waals surface area contributed by atoms with Crippen LogP contribution in [-0.4, -0.2) is 41.1 Å². The Morgan fingerprint density at radius 3 is 2.81 bits per heavy atom. The number of amides is 1. The first-order chi connectivity index (χ1) is 12.8. The number of carbonyl (C=O) groups is 1. The number of aromatic nitrogens is 7. The number of carbonyl (C=O) groups excluding carboxylic acids is 1. The molecule has 0 aliphatic carbocycles. The van der Waals surface area contributed by atoms with Gasteiger partial charge in [0.15, 0.2) is 11.5 Å². The molecule has 1 N–H and O–H groups in total. The van der Waals surface area contributed by atoms with Gasteiger partial charge >= 0.3 is 0 Å². The SMILES string of the molecule is O=C(NCc1nnc(-c2ccccc2)s1)c1cn(-c2ccncn2)nn1. The largest absolute Gasteiger partial charge is 0.344 e. The standard InChI is InChI=1S/C16H12N8OS/c25-15(12-9-24(23-20-12)13-6-7-17-10-19-13)18-8-14-21-22-16(26-14)11-4-2-1-3-5-11/h1-7,9-10H,8H2,(H,18,25). The van der Waals surface area contributed by atoms with Crippen LogP contribution < -0.4 is 5.32 Å². The molecule has 0 aliphatic rings. The summed E-state index contributed by atoms with van der Waals surface area (Å²) in [6.45, 7) is 0.268. The van der Waals surface area contributed by atoms with Gasteiger partial charge in [-0.1, -0.05) is 46.9 Å². The minimum absolute atomic E-state index is 0.191. The van der Waals surface area contributed by atoms with Crippen LogP contribution in [-0.2, 0) is 6.54 Å². The monoisotopic (exact) mass is 364 g/mol. The van der Waals surface area contributed by atoms with E-state index in [1.165, 1.54) is 28.5 Å². The number of hydrogen-bond donors (Lipinski definition) is 1. The van der Waals surface area contributed by atoms with Gasteiger partial charge in [0.2, 0.25) is 0 Å². The molecular formula is C16H12N8OS. The molecule has 0 atom stereocenters. The van der Waals surface area contributed by atoms with Gasteiger partial charge in [-0.3, -0.25) is 4.79 Å². The second-order valence-corrected chi connectivity index (χ2v) is 6.23. The summed E-state index contributed by atoms with van der Waals surface area (Å²) >= 11 is 1.43. The summed E-state index contributed by atoms with van der Waals surface area (Å²) in [6, 6.07) is 11.4. The molecule has 128 valence electrons. The Labute approximate surface area is 151 Å². The van der Waals surface area contributed by atoms with Crippen molar-refractivity contribution in [3.05, 3.63) is 65.8 Å². The van der Waals surface area contributed by atoms with Crippen LogP contribution in [0.2, 0.25) is 0 Å². The number of nitrogens with one attached hydrogen (secondary N) is 1. The molecule has 0 saturated carbocycles. The van der Waals surface area contributed by atoms with E-state index in [1.807, 2.05) is 30.3 Å². The second-order valence-electron chi connectivity index (χ2n) is 5.17. The Hall–Kier alpha value is -3.53. The van der Waals surface area contributed by atoms with Crippen LogP contribution in [0, 0.1) is 0 Å². The van der Waals surface area contributed by atoms with Crippen LogP contribution in [0.25, 0.3) is 16.4 Å². The maximum absolute atomic E-state index is 12.2. The van der Waals surface area contributed by atoms with Crippen LogP contribution in [0.1, 0.15) is 15.5 Å². The molecule has 1 amide bonds. The Kier molecular flexibility index (Phi) is 4.39. The van der Waals surface area contributed by atoms with E-state index in [4.69, 9.17) is 0 Å². The van der Waals surface area contributed by atoms with Crippen molar-refractivity contribution in [3.8, 4) is 16.4 Å². The smallest absolute Gasteiger partial charge is 0.273 e. The highest BCUT2D eigenvalue weighted by atomic mass is 32.1. The highest BCUT2D eigenvalue weighted by Crippen LogP contribution is 2.22. The van der Waals surface area contributed by atoms with Gasteiger partial charge in [-0.25, -0.2) is 14.6 Å². The van der Waals surface area contributed by atoms with Gasteiger partial charge in [0, 0.05) is 17.8 Å². The molecule has 0 radical (unpaired) electrons. The fourth-order valence-corrected chi connectivity index (χ4v) is 2.95. The predicted molar refractivity (Wildman–Crippen MR) is 93.5 cm³/mol. The molecule has 0 saturated heterocycles. The maximum Gasteiger partial charge on any atom is 0.273 e. The first-order valence-corrected chi connectivity index (χ1v) is 8.46. The Bertz CT molecular complexity index is 1010. The Balaban J connectivity index is 1.40. The van der Waals surface area contributed by atoms with E-state index in [9.17, 15) is 4.79 Å². The minimum Gasteiger partial charge on any atom is -0.344 e. The maximum atomic E-state index is 12.2. The average Bonchev–Trinajstić information content (AvgIpc) is 3.37. The molecule has 4 aromatic rings. The van der Waals surface area contributed by atoms with Crippen molar-refractivity contribution < 1.29 is 4.79 Å². The van der Waals surface area contributed by atoms with Crippen LogP contribution in [0.4, 0.5) is 0 Å². The Morgan fingerprint density at radius 2 is 2.00 bits per heavy atom. The lowest BCUT2D eigenvalue weighted by molar-refractivity contribution is 0.0945. The number of benzene rings is 1. The van der Waals surface area contributed by atoms with Crippen LogP contribution in [0.3, 0.4) is 0 Å². The lowest BCUT2D eigenvalue weighted by Gasteiger charge is -1.98. The Morgan fingerprint density at radius 1 is 1.12 bits per heavy atom. The summed E-state index contributed by atoms with van der Waals surface area (Å²) in [4.78, 5) is 20.1. The van der Waals surface area contributed by atoms with E-state index in [-0.39, 0.29) is 18.1 Å². The molecule has 26 heavy (non-hydrogen) atoms. The van der Waals surface area contributed by atoms with Gasteiger partial charge in [0.25, 0.3) is 5.91 Å². The molecule has 9 nitrogen and oxygen atoms in total. The third-order valence-corrected chi connectivity index (χ3v) is 4.39. The zero-order valence-corrected chi connectivity index (χ0v) is 14.2. The molecule has 4 rings (SSSR count). The van der Waals surface area contributed by atoms with Gasteiger partial charge in [-0.05, 0) is 0 Å². The molecular weight excluding hydrogens is 352 g/mol. The van der Waals surface area contributed by atoms with Crippen molar-refractivity contribution in [1.82, 2.24) is 40.5 Å². The molecule has 0 spiro atoms. The first-order valence-electron chi connectivity index (χ1n) is 7.64. The van der Waals surface area contributed by atoms with Crippen molar-refractivity contribution in [2.24, 2.45) is 0 Å². The van der Waals surface area contributed by atoms with E-state index in [1.54, 1.807) is 12.3 Å². The van der Waals surface area contributed by atoms with Crippen molar-refractivity contribution in [2.75, 3.05) is 0 Å². The van der Waals surface area contributed by atoms with E-state index < -0.39 is 0 Å². The van der Waals surface area contributed by atoms with E-state index in [0.29, 0.717) is 10.8 Å². The quantitative estimate of drug-likeness (QED) is 0.571. The third kappa shape index (κ3) is 3.44. The van der Waals surface area contributed by atoms with Gasteiger partial charge in [-0.15, -0.1) is 15.3 Å². The van der Waals surface area contributed by atoms with Crippen LogP contribution in [0.5, 0.6) is 0 Å². The highest BCUT2D eigenvalue weighted by Gasteiger charge is 2.13.